The van der Waals surface area contributed by atoms with E-state index < -0.39 is 0 Å². The summed E-state index contributed by atoms with van der Waals surface area (Å²) < 4.78 is 32.2. The van der Waals surface area contributed by atoms with Gasteiger partial charge in [-0.1, -0.05) is 0 Å². The van der Waals surface area contributed by atoms with E-state index in [1.54, 1.807) is 25.1 Å². The second-order valence-corrected chi connectivity index (χ2v) is 4.95. The Labute approximate surface area is 117 Å². The van der Waals surface area contributed by atoms with Gasteiger partial charge in [0.25, 0.3) is 0 Å². The molecule has 2 N–H and O–H groups in total. The normalized spacial score (nSPS) is 12.2. The first-order valence-corrected chi connectivity index (χ1v) is 6.43. The van der Waals surface area contributed by atoms with Gasteiger partial charge in [-0.05, 0) is 67.8 Å². The van der Waals surface area contributed by atoms with Crippen LogP contribution in [0, 0.1) is 18.6 Å². The molecule has 20 heavy (non-hydrogen) atoms. The van der Waals surface area contributed by atoms with Gasteiger partial charge in [-0.25, -0.2) is 8.78 Å². The van der Waals surface area contributed by atoms with Crippen molar-refractivity contribution in [1.82, 2.24) is 0 Å². The fourth-order valence-electron chi connectivity index (χ4n) is 1.96. The van der Waals surface area contributed by atoms with E-state index in [0.29, 0.717) is 29.0 Å². The molecule has 0 aliphatic heterocycles. The van der Waals surface area contributed by atoms with Crippen LogP contribution in [0.1, 0.15) is 18.1 Å². The third kappa shape index (κ3) is 3.54. The van der Waals surface area contributed by atoms with Gasteiger partial charge in [-0.2, -0.15) is 0 Å². The van der Waals surface area contributed by atoms with Crippen molar-refractivity contribution in [1.29, 1.82) is 0 Å². The van der Waals surface area contributed by atoms with Crippen LogP contribution >= 0.6 is 0 Å². The van der Waals surface area contributed by atoms with Gasteiger partial charge < -0.3 is 10.5 Å². The van der Waals surface area contributed by atoms with Crippen LogP contribution in [0.2, 0.25) is 0 Å². The third-order valence-corrected chi connectivity index (χ3v) is 2.92. The minimum atomic E-state index is -0.330. The number of nitrogens with two attached hydrogens (primary N) is 1. The first-order chi connectivity index (χ1) is 9.45. The van der Waals surface area contributed by atoms with Crippen LogP contribution in [-0.2, 0) is 6.42 Å². The lowest BCUT2D eigenvalue weighted by Gasteiger charge is -2.13. The maximum atomic E-state index is 13.3. The van der Waals surface area contributed by atoms with Gasteiger partial charge in [0.1, 0.15) is 23.1 Å². The Morgan fingerprint density at radius 1 is 1.15 bits per heavy atom. The Kier molecular flexibility index (Phi) is 4.35. The number of hydrogen-bond donors (Lipinski definition) is 1. The van der Waals surface area contributed by atoms with Crippen molar-refractivity contribution in [2.75, 3.05) is 0 Å². The number of benzene rings is 2. The highest BCUT2D eigenvalue weighted by molar-refractivity contribution is 5.39. The quantitative estimate of drug-likeness (QED) is 0.918. The second kappa shape index (κ2) is 6.01. The molecule has 1 atom stereocenters. The van der Waals surface area contributed by atoms with Crippen molar-refractivity contribution in [3.8, 4) is 11.5 Å². The van der Waals surface area contributed by atoms with E-state index in [4.69, 9.17) is 10.5 Å². The van der Waals surface area contributed by atoms with E-state index >= 15 is 0 Å². The molecule has 0 fully saturated rings. The summed E-state index contributed by atoms with van der Waals surface area (Å²) in [5, 5.41) is 0. The van der Waals surface area contributed by atoms with Gasteiger partial charge >= 0.3 is 0 Å². The molecule has 0 saturated heterocycles. The molecule has 106 valence electrons. The fraction of sp³-hybridized carbons (Fsp3) is 0.250. The highest BCUT2D eigenvalue weighted by Gasteiger charge is 2.09. The third-order valence-electron chi connectivity index (χ3n) is 2.92. The van der Waals surface area contributed by atoms with Gasteiger partial charge in [0, 0.05) is 6.04 Å². The zero-order valence-electron chi connectivity index (χ0n) is 11.5. The average molecular weight is 277 g/mol. The Morgan fingerprint density at radius 2 is 1.90 bits per heavy atom. The predicted octanol–water partition coefficient (Wildman–Crippen LogP) is 3.96. The van der Waals surface area contributed by atoms with Crippen LogP contribution in [0.25, 0.3) is 0 Å². The first-order valence-electron chi connectivity index (χ1n) is 6.43. The maximum Gasteiger partial charge on any atom is 0.130 e. The van der Waals surface area contributed by atoms with E-state index in [0.717, 1.165) is 0 Å². The van der Waals surface area contributed by atoms with Gasteiger partial charge in [0.15, 0.2) is 0 Å². The number of hydrogen-bond acceptors (Lipinski definition) is 2. The molecule has 0 aliphatic carbocycles. The summed E-state index contributed by atoms with van der Waals surface area (Å²) in [4.78, 5) is 0. The molecule has 1 unspecified atom stereocenters. The van der Waals surface area contributed by atoms with Crippen LogP contribution in [0.4, 0.5) is 8.78 Å². The van der Waals surface area contributed by atoms with Crippen LogP contribution < -0.4 is 10.5 Å². The Balaban J connectivity index is 2.30. The topological polar surface area (TPSA) is 35.2 Å². The predicted molar refractivity (Wildman–Crippen MR) is 75.0 cm³/mol. The Hall–Kier alpha value is -1.94. The van der Waals surface area contributed by atoms with E-state index in [-0.39, 0.29) is 17.7 Å². The summed E-state index contributed by atoms with van der Waals surface area (Å²) in [5.41, 5.74) is 6.95. The lowest BCUT2D eigenvalue weighted by atomic mass is 10.1. The monoisotopic (exact) mass is 277 g/mol. The molecule has 0 heterocycles. The minimum Gasteiger partial charge on any atom is -0.457 e. The molecule has 0 aliphatic rings. The van der Waals surface area contributed by atoms with Crippen molar-refractivity contribution in [2.24, 2.45) is 5.73 Å². The second-order valence-electron chi connectivity index (χ2n) is 4.95. The summed E-state index contributed by atoms with van der Waals surface area (Å²) in [7, 11) is 0. The van der Waals surface area contributed by atoms with Gasteiger partial charge in [0.2, 0.25) is 0 Å². The van der Waals surface area contributed by atoms with Crippen molar-refractivity contribution < 1.29 is 13.5 Å². The number of rotatable bonds is 4. The van der Waals surface area contributed by atoms with Crippen molar-refractivity contribution in [3.05, 3.63) is 59.2 Å². The van der Waals surface area contributed by atoms with Crippen LogP contribution in [0.5, 0.6) is 11.5 Å². The summed E-state index contributed by atoms with van der Waals surface area (Å²) in [6, 6.07) is 8.70. The van der Waals surface area contributed by atoms with Gasteiger partial charge in [-0.3, -0.25) is 0 Å². The van der Waals surface area contributed by atoms with Gasteiger partial charge in [0.05, 0.1) is 0 Å². The largest absolute Gasteiger partial charge is 0.457 e. The molecule has 0 amide bonds. The lowest BCUT2D eigenvalue weighted by Crippen LogP contribution is -2.18. The summed E-state index contributed by atoms with van der Waals surface area (Å²) in [6.45, 7) is 3.51. The van der Waals surface area contributed by atoms with E-state index in [2.05, 4.69) is 0 Å². The Morgan fingerprint density at radius 3 is 2.55 bits per heavy atom. The highest BCUT2D eigenvalue weighted by atomic mass is 19.1. The van der Waals surface area contributed by atoms with Crippen molar-refractivity contribution in [3.63, 3.8) is 0 Å². The molecule has 0 radical (unpaired) electrons. The molecule has 2 aromatic carbocycles. The standard InChI is InChI=1S/C16H17F2NO/c1-10-7-14(4-5-15(10)18)20-16-6-3-13(17)9-12(16)8-11(2)19/h3-7,9,11H,8,19H2,1-2H3. The molecule has 0 saturated carbocycles. The molecule has 0 spiro atoms. The molecular formula is C16H17F2NO. The number of aryl methyl sites for hydroxylation is 1. The van der Waals surface area contributed by atoms with E-state index in [1.165, 1.54) is 18.2 Å². The van der Waals surface area contributed by atoms with E-state index in [1.807, 2.05) is 6.92 Å². The molecule has 2 aromatic rings. The SMILES string of the molecule is Cc1cc(Oc2ccc(F)cc2CC(C)N)ccc1F. The first kappa shape index (κ1) is 14.5. The molecule has 0 bridgehead atoms. The fourth-order valence-corrected chi connectivity index (χ4v) is 1.96. The van der Waals surface area contributed by atoms with Crippen molar-refractivity contribution in [2.45, 2.75) is 26.3 Å². The molecule has 4 heteroatoms. The van der Waals surface area contributed by atoms with Gasteiger partial charge in [-0.15, -0.1) is 0 Å². The Bertz CT molecular complexity index is 611. The van der Waals surface area contributed by atoms with Crippen molar-refractivity contribution >= 4 is 0 Å². The molecular weight excluding hydrogens is 260 g/mol. The summed E-state index contributed by atoms with van der Waals surface area (Å²) in [6.07, 6.45) is 0.507. The smallest absolute Gasteiger partial charge is 0.130 e. The zero-order chi connectivity index (χ0) is 14.7. The average Bonchev–Trinajstić information content (AvgIpc) is 2.36. The number of ether oxygens (including phenoxy) is 1. The minimum absolute atomic E-state index is 0.103. The molecule has 0 aromatic heterocycles. The molecule has 2 nitrogen and oxygen atoms in total. The summed E-state index contributed by atoms with van der Waals surface area (Å²) >= 11 is 0. The van der Waals surface area contributed by atoms with Crippen LogP contribution in [0.3, 0.4) is 0 Å². The van der Waals surface area contributed by atoms with E-state index in [9.17, 15) is 8.78 Å². The molecule has 2 rings (SSSR count). The number of halogens is 2. The zero-order valence-corrected chi connectivity index (χ0v) is 11.5. The lowest BCUT2D eigenvalue weighted by molar-refractivity contribution is 0.468. The van der Waals surface area contributed by atoms with Crippen LogP contribution in [-0.4, -0.2) is 6.04 Å². The maximum absolute atomic E-state index is 13.3. The highest BCUT2D eigenvalue weighted by Crippen LogP contribution is 2.28. The van der Waals surface area contributed by atoms with Crippen LogP contribution in [0.15, 0.2) is 36.4 Å². The summed E-state index contributed by atoms with van der Waals surface area (Å²) in [5.74, 6) is 0.437.